The lowest BCUT2D eigenvalue weighted by molar-refractivity contribution is -0.144. The molecule has 8 heteroatoms. The molecule has 0 bridgehead atoms. The molecular weight excluding hydrogens is 590 g/mol. The van der Waals surface area contributed by atoms with Gasteiger partial charge in [0.15, 0.2) is 5.75 Å². The number of nitrogens with zero attached hydrogens (tertiary/aromatic N) is 1. The van der Waals surface area contributed by atoms with Crippen LogP contribution in [0.2, 0.25) is 0 Å². The quantitative estimate of drug-likeness (QED) is 0.230. The summed E-state index contributed by atoms with van der Waals surface area (Å²) in [6.45, 7) is 7.78. The van der Waals surface area contributed by atoms with Crippen molar-refractivity contribution < 1.29 is 23.8 Å². The van der Waals surface area contributed by atoms with Crippen molar-refractivity contribution in [2.75, 3.05) is 18.6 Å². The Morgan fingerprint density at radius 2 is 1.58 bits per heavy atom. The van der Waals surface area contributed by atoms with Crippen molar-refractivity contribution in [2.24, 2.45) is 0 Å². The Morgan fingerprint density at radius 3 is 2.14 bits per heavy atom. The summed E-state index contributed by atoms with van der Waals surface area (Å²) in [5, 5.41) is 0. The third kappa shape index (κ3) is 6.28. The Morgan fingerprint density at radius 1 is 0.944 bits per heavy atom. The average molecular weight is 619 g/mol. The summed E-state index contributed by atoms with van der Waals surface area (Å²) in [6, 6.07) is 17.1. The van der Waals surface area contributed by atoms with Crippen LogP contribution < -0.4 is 14.4 Å². The maximum atomic E-state index is 13.5. The minimum absolute atomic E-state index is 0.219. The number of methoxy groups -OCH3 is 1. The molecule has 0 saturated heterocycles. The van der Waals surface area contributed by atoms with Crippen LogP contribution in [0.5, 0.6) is 17.2 Å². The van der Waals surface area contributed by atoms with E-state index in [-0.39, 0.29) is 18.4 Å². The van der Waals surface area contributed by atoms with Crippen LogP contribution in [-0.4, -0.2) is 31.6 Å². The molecule has 1 unspecified atom stereocenters. The largest absolute Gasteiger partial charge is 0.496 e. The highest BCUT2D eigenvalue weighted by molar-refractivity contribution is 9.11. The van der Waals surface area contributed by atoms with E-state index in [1.54, 1.807) is 57.4 Å². The van der Waals surface area contributed by atoms with Crippen molar-refractivity contribution in [2.45, 2.75) is 39.7 Å². The molecule has 0 heterocycles. The Hall–Kier alpha value is -2.84. The van der Waals surface area contributed by atoms with E-state index < -0.39 is 12.0 Å². The number of esters is 1. The lowest BCUT2D eigenvalue weighted by Gasteiger charge is -2.29. The summed E-state index contributed by atoms with van der Waals surface area (Å²) >= 11 is 7.18. The Balaban J connectivity index is 2.01. The molecule has 1 atom stereocenters. The summed E-state index contributed by atoms with van der Waals surface area (Å²) < 4.78 is 18.1. The number of carbonyl (C=O) groups excluding carboxylic acids is 2. The van der Waals surface area contributed by atoms with E-state index in [0.717, 1.165) is 11.3 Å². The van der Waals surface area contributed by atoms with E-state index in [4.69, 9.17) is 14.2 Å². The van der Waals surface area contributed by atoms with Gasteiger partial charge in [0, 0.05) is 16.8 Å². The van der Waals surface area contributed by atoms with Crippen LogP contribution in [0.3, 0.4) is 0 Å². The second-order valence-electron chi connectivity index (χ2n) is 8.37. The summed E-state index contributed by atoms with van der Waals surface area (Å²) in [5.41, 5.74) is 2.00. The van der Waals surface area contributed by atoms with Crippen molar-refractivity contribution in [1.29, 1.82) is 0 Å². The van der Waals surface area contributed by atoms with Crippen molar-refractivity contribution in [3.8, 4) is 17.2 Å². The van der Waals surface area contributed by atoms with Gasteiger partial charge in [0.25, 0.3) is 5.91 Å². The molecular formula is C28H29Br2NO5. The van der Waals surface area contributed by atoms with Crippen LogP contribution in [0.25, 0.3) is 0 Å². The van der Waals surface area contributed by atoms with Gasteiger partial charge in [0.1, 0.15) is 17.5 Å². The first-order valence-electron chi connectivity index (χ1n) is 11.6. The number of ether oxygens (including phenoxy) is 3. The zero-order chi connectivity index (χ0) is 26.4. The van der Waals surface area contributed by atoms with Gasteiger partial charge in [-0.3, -0.25) is 9.69 Å². The van der Waals surface area contributed by atoms with Crippen LogP contribution in [0.15, 0.2) is 69.6 Å². The number of hydrogen-bond donors (Lipinski definition) is 0. The average Bonchev–Trinajstić information content (AvgIpc) is 2.86. The normalized spacial score (nSPS) is 11.7. The molecule has 0 aliphatic rings. The molecule has 0 N–H and O–H groups in total. The molecule has 0 saturated carbocycles. The van der Waals surface area contributed by atoms with Crippen LogP contribution >= 0.6 is 31.9 Å². The van der Waals surface area contributed by atoms with Gasteiger partial charge in [0.05, 0.1) is 22.7 Å². The molecule has 190 valence electrons. The van der Waals surface area contributed by atoms with Gasteiger partial charge in [-0.25, -0.2) is 4.79 Å². The molecule has 0 radical (unpaired) electrons. The molecule has 0 aliphatic carbocycles. The highest BCUT2D eigenvalue weighted by Gasteiger charge is 2.30. The topological polar surface area (TPSA) is 65.1 Å². The minimum atomic E-state index is -0.849. The van der Waals surface area contributed by atoms with Gasteiger partial charge in [-0.05, 0) is 94.1 Å². The second-order valence-corrected chi connectivity index (χ2v) is 10.1. The summed E-state index contributed by atoms with van der Waals surface area (Å²) in [5.74, 6) is 1.42. The number of rotatable bonds is 9. The molecule has 0 spiro atoms. The van der Waals surface area contributed by atoms with E-state index in [9.17, 15) is 9.59 Å². The van der Waals surface area contributed by atoms with Crippen molar-refractivity contribution in [1.82, 2.24) is 0 Å². The predicted octanol–water partition coefficient (Wildman–Crippen LogP) is 7.73. The number of hydrogen-bond acceptors (Lipinski definition) is 5. The zero-order valence-electron chi connectivity index (χ0n) is 20.9. The smallest absolute Gasteiger partial charge is 0.328 e. The first-order valence-corrected chi connectivity index (χ1v) is 13.2. The first kappa shape index (κ1) is 27.7. The molecule has 3 aromatic rings. The SMILES string of the molecule is CCOC(=O)C(C)N(C(=O)c1ccccc1)c1cc(Br)c(Oc2ccc(OC)c(C(C)C)c2)c(Br)c1. The fraction of sp³-hybridized carbons (Fsp3) is 0.286. The van der Waals surface area contributed by atoms with Gasteiger partial charge >= 0.3 is 5.97 Å². The lowest BCUT2D eigenvalue weighted by atomic mass is 10.0. The van der Waals surface area contributed by atoms with Gasteiger partial charge in [0.2, 0.25) is 0 Å². The van der Waals surface area contributed by atoms with Gasteiger partial charge in [-0.2, -0.15) is 0 Å². The van der Waals surface area contributed by atoms with E-state index in [2.05, 4.69) is 45.7 Å². The minimum Gasteiger partial charge on any atom is -0.496 e. The van der Waals surface area contributed by atoms with Crippen LogP contribution in [0.1, 0.15) is 49.5 Å². The number of amides is 1. The number of benzene rings is 3. The molecule has 0 aromatic heterocycles. The Labute approximate surface area is 228 Å². The number of halogens is 2. The maximum absolute atomic E-state index is 13.5. The summed E-state index contributed by atoms with van der Waals surface area (Å²) in [7, 11) is 1.65. The second kappa shape index (κ2) is 12.4. The monoisotopic (exact) mass is 617 g/mol. The lowest BCUT2D eigenvalue weighted by Crippen LogP contribution is -2.44. The van der Waals surface area contributed by atoms with Crippen LogP contribution in [0.4, 0.5) is 5.69 Å². The molecule has 3 rings (SSSR count). The van der Waals surface area contributed by atoms with Crippen LogP contribution in [0, 0.1) is 0 Å². The standard InChI is InChI=1S/C28H29Br2NO5/c1-6-35-28(33)18(4)31(27(32)19-10-8-7-9-11-19)20-14-23(29)26(24(30)15-20)36-21-12-13-25(34-5)22(16-21)17(2)3/h7-18H,6H2,1-5H3. The number of anilines is 1. The first-order chi connectivity index (χ1) is 17.2. The van der Waals surface area contributed by atoms with E-state index >= 15 is 0 Å². The third-order valence-corrected chi connectivity index (χ3v) is 6.74. The molecule has 0 fully saturated rings. The fourth-order valence-corrected chi connectivity index (χ4v) is 5.06. The van der Waals surface area contributed by atoms with Gasteiger partial charge in [-0.1, -0.05) is 32.0 Å². The van der Waals surface area contributed by atoms with Crippen molar-refractivity contribution in [3.63, 3.8) is 0 Å². The van der Waals surface area contributed by atoms with E-state index in [0.29, 0.717) is 31.7 Å². The highest BCUT2D eigenvalue weighted by atomic mass is 79.9. The Kier molecular flexibility index (Phi) is 9.56. The molecule has 6 nitrogen and oxygen atoms in total. The summed E-state index contributed by atoms with van der Waals surface area (Å²) in [4.78, 5) is 27.6. The molecule has 0 aliphatic heterocycles. The number of carbonyl (C=O) groups is 2. The zero-order valence-corrected chi connectivity index (χ0v) is 24.1. The maximum Gasteiger partial charge on any atom is 0.328 e. The fourth-order valence-electron chi connectivity index (χ4n) is 3.73. The predicted molar refractivity (Wildman–Crippen MR) is 148 cm³/mol. The van der Waals surface area contributed by atoms with Crippen molar-refractivity contribution >= 4 is 49.4 Å². The van der Waals surface area contributed by atoms with Crippen LogP contribution in [-0.2, 0) is 9.53 Å². The van der Waals surface area contributed by atoms with E-state index in [1.165, 1.54) is 4.90 Å². The summed E-state index contributed by atoms with van der Waals surface area (Å²) in [6.07, 6.45) is 0. The van der Waals surface area contributed by atoms with E-state index in [1.807, 2.05) is 24.3 Å². The highest BCUT2D eigenvalue weighted by Crippen LogP contribution is 2.42. The molecule has 3 aromatic carbocycles. The van der Waals surface area contributed by atoms with Gasteiger partial charge in [-0.15, -0.1) is 0 Å². The third-order valence-electron chi connectivity index (χ3n) is 5.56. The van der Waals surface area contributed by atoms with Crippen molar-refractivity contribution in [3.05, 3.63) is 80.7 Å². The van der Waals surface area contributed by atoms with Gasteiger partial charge < -0.3 is 14.2 Å². The molecule has 1 amide bonds. The Bertz CT molecular complexity index is 1210. The molecule has 36 heavy (non-hydrogen) atoms.